The molecule has 0 aliphatic heterocycles. The molecule has 0 saturated heterocycles. The van der Waals surface area contributed by atoms with E-state index in [2.05, 4.69) is 55.1 Å². The minimum atomic E-state index is 0.0434. The maximum absolute atomic E-state index is 12.2. The van der Waals surface area contributed by atoms with Crippen LogP contribution in [0.3, 0.4) is 0 Å². The Morgan fingerprint density at radius 1 is 0.632 bits per heavy atom. The fourth-order valence-electron chi connectivity index (χ4n) is 4.55. The topological polar surface area (TPSA) is 26.3 Å². The molecule has 0 amide bonds. The number of unbranched alkanes of at least 4 members (excludes halogenated alkanes) is 9. The van der Waals surface area contributed by atoms with E-state index in [1.54, 1.807) is 6.08 Å². The summed E-state index contributed by atoms with van der Waals surface area (Å²) in [5, 5.41) is 0. The van der Waals surface area contributed by atoms with Crippen LogP contribution in [0.5, 0.6) is 0 Å². The molecule has 0 spiro atoms. The Bertz CT molecular complexity index is 1080. The van der Waals surface area contributed by atoms with Crippen molar-refractivity contribution in [3.05, 3.63) is 119 Å². The number of rotatable bonds is 19. The summed E-state index contributed by atoms with van der Waals surface area (Å²) in [6, 6.07) is 26.4. The molecule has 0 N–H and O–H groups in total. The molecule has 38 heavy (non-hydrogen) atoms. The van der Waals surface area contributed by atoms with Crippen LogP contribution < -0.4 is 0 Å². The quantitative estimate of drug-likeness (QED) is 0.0915. The van der Waals surface area contributed by atoms with Crippen LogP contribution in [0.4, 0.5) is 0 Å². The van der Waals surface area contributed by atoms with Gasteiger partial charge >= 0.3 is 0 Å². The second kappa shape index (κ2) is 18.1. The van der Waals surface area contributed by atoms with Gasteiger partial charge in [0, 0.05) is 12.2 Å². The Hall–Kier alpha value is -3.23. The smallest absolute Gasteiger partial charge is 0.185 e. The van der Waals surface area contributed by atoms with Crippen LogP contribution in [-0.4, -0.2) is 12.4 Å². The van der Waals surface area contributed by atoms with Gasteiger partial charge in [0.25, 0.3) is 0 Å². The van der Waals surface area contributed by atoms with Gasteiger partial charge in [-0.1, -0.05) is 149 Å². The summed E-state index contributed by atoms with van der Waals surface area (Å²) in [6.07, 6.45) is 19.6. The number of hydrogen-bond acceptors (Lipinski definition) is 2. The lowest BCUT2D eigenvalue weighted by Gasteiger charge is -2.06. The first-order valence-corrected chi connectivity index (χ1v) is 14.4. The number of hydrogen-bond donors (Lipinski definition) is 0. The van der Waals surface area contributed by atoms with Crippen molar-refractivity contribution in [2.24, 2.45) is 0 Å². The van der Waals surface area contributed by atoms with Crippen molar-refractivity contribution in [1.29, 1.82) is 0 Å². The Labute approximate surface area is 230 Å². The zero-order valence-electron chi connectivity index (χ0n) is 23.0. The second-order valence-electron chi connectivity index (χ2n) is 10.1. The van der Waals surface area contributed by atoms with Crippen molar-refractivity contribution in [1.82, 2.24) is 0 Å². The van der Waals surface area contributed by atoms with Gasteiger partial charge in [-0.2, -0.15) is 0 Å². The lowest BCUT2D eigenvalue weighted by atomic mass is 10.0. The number of aryl methyl sites for hydroxylation is 1. The van der Waals surface area contributed by atoms with Crippen LogP contribution >= 0.6 is 0 Å². The van der Waals surface area contributed by atoms with Crippen LogP contribution in [-0.2, 0) is 17.8 Å². The highest BCUT2D eigenvalue weighted by Crippen LogP contribution is 2.14. The van der Waals surface area contributed by atoms with Crippen molar-refractivity contribution < 1.29 is 9.53 Å². The van der Waals surface area contributed by atoms with Gasteiger partial charge in [0.05, 0.1) is 6.61 Å². The van der Waals surface area contributed by atoms with E-state index in [0.717, 1.165) is 36.1 Å². The highest BCUT2D eigenvalue weighted by molar-refractivity contribution is 6.06. The largest absolute Gasteiger partial charge is 0.377 e. The standard InChI is InChI=1S/C36H44O2/c1-2-31-19-25-34(26-20-31)30-38-29-15-10-8-6-4-3-5-7-9-12-16-32-21-23-33(24-22-32)27-28-36(37)35-17-13-11-14-18-35/h2,11,13-14,17-28H,1,3-10,12,15-16,29-30H2/b28-27+. The molecule has 0 aromatic heterocycles. The Kier molecular flexibility index (Phi) is 14.0. The molecule has 0 aliphatic rings. The maximum atomic E-state index is 12.2. The summed E-state index contributed by atoms with van der Waals surface area (Å²) in [7, 11) is 0. The predicted octanol–water partition coefficient (Wildman–Crippen LogP) is 9.89. The number of benzene rings is 3. The lowest BCUT2D eigenvalue weighted by Crippen LogP contribution is -1.95. The van der Waals surface area contributed by atoms with E-state index < -0.39 is 0 Å². The van der Waals surface area contributed by atoms with E-state index >= 15 is 0 Å². The summed E-state index contributed by atoms with van der Waals surface area (Å²) in [5.74, 6) is 0.0434. The van der Waals surface area contributed by atoms with Gasteiger partial charge < -0.3 is 4.74 Å². The van der Waals surface area contributed by atoms with Crippen LogP contribution in [0, 0.1) is 0 Å². The van der Waals surface area contributed by atoms with Crippen LogP contribution in [0.15, 0.2) is 91.5 Å². The molecular weight excluding hydrogens is 464 g/mol. The molecular formula is C36H44O2. The molecule has 3 rings (SSSR count). The minimum Gasteiger partial charge on any atom is -0.377 e. The van der Waals surface area contributed by atoms with Crippen molar-refractivity contribution in [3.8, 4) is 0 Å². The lowest BCUT2D eigenvalue weighted by molar-refractivity contribution is 0.104. The molecule has 3 aromatic carbocycles. The van der Waals surface area contributed by atoms with Gasteiger partial charge in [-0.3, -0.25) is 4.79 Å². The van der Waals surface area contributed by atoms with Gasteiger partial charge in [-0.05, 0) is 47.6 Å². The normalized spacial score (nSPS) is 11.2. The monoisotopic (exact) mass is 508 g/mol. The molecule has 0 radical (unpaired) electrons. The SMILES string of the molecule is C=Cc1ccc(COCCCCCCCCCCCCc2ccc(/C=C/C(=O)c3ccccc3)cc2)cc1. The summed E-state index contributed by atoms with van der Waals surface area (Å²) in [5.41, 5.74) is 5.56. The molecule has 0 heterocycles. The first-order chi connectivity index (χ1) is 18.7. The fraction of sp³-hybridized carbons (Fsp3) is 0.361. The van der Waals surface area contributed by atoms with Crippen molar-refractivity contribution in [2.75, 3.05) is 6.61 Å². The number of allylic oxidation sites excluding steroid dienone is 1. The van der Waals surface area contributed by atoms with E-state index in [4.69, 9.17) is 4.74 Å². The number of ketones is 1. The third-order valence-electron chi connectivity index (χ3n) is 6.95. The second-order valence-corrected chi connectivity index (χ2v) is 10.1. The third kappa shape index (κ3) is 11.9. The first-order valence-electron chi connectivity index (χ1n) is 14.4. The molecule has 3 aromatic rings. The van der Waals surface area contributed by atoms with Crippen molar-refractivity contribution in [2.45, 2.75) is 77.2 Å². The first kappa shape index (κ1) is 29.3. The molecule has 0 aliphatic carbocycles. The number of ether oxygens (including phenoxy) is 1. The highest BCUT2D eigenvalue weighted by Gasteiger charge is 2.00. The van der Waals surface area contributed by atoms with E-state index in [9.17, 15) is 4.79 Å². The molecule has 0 atom stereocenters. The van der Waals surface area contributed by atoms with E-state index in [0.29, 0.717) is 6.61 Å². The van der Waals surface area contributed by atoms with Crippen molar-refractivity contribution >= 4 is 17.9 Å². The molecule has 0 saturated carbocycles. The van der Waals surface area contributed by atoms with Gasteiger partial charge in [-0.25, -0.2) is 0 Å². The fourth-order valence-corrected chi connectivity index (χ4v) is 4.55. The number of carbonyl (C=O) groups is 1. The Balaban J connectivity index is 1.12. The highest BCUT2D eigenvalue weighted by atomic mass is 16.5. The molecule has 200 valence electrons. The van der Waals surface area contributed by atoms with Crippen LogP contribution in [0.1, 0.15) is 96.8 Å². The molecule has 0 unspecified atom stereocenters. The van der Waals surface area contributed by atoms with Gasteiger partial charge in [0.15, 0.2) is 5.78 Å². The predicted molar refractivity (Wildman–Crippen MR) is 162 cm³/mol. The minimum absolute atomic E-state index is 0.0434. The summed E-state index contributed by atoms with van der Waals surface area (Å²) in [6.45, 7) is 5.35. The Morgan fingerprint density at radius 3 is 1.82 bits per heavy atom. The average Bonchev–Trinajstić information content (AvgIpc) is 2.97. The third-order valence-corrected chi connectivity index (χ3v) is 6.95. The van der Waals surface area contributed by atoms with Crippen LogP contribution in [0.2, 0.25) is 0 Å². The maximum Gasteiger partial charge on any atom is 0.185 e. The zero-order valence-corrected chi connectivity index (χ0v) is 23.0. The van der Waals surface area contributed by atoms with Gasteiger partial charge in [0.2, 0.25) is 0 Å². The van der Waals surface area contributed by atoms with Gasteiger partial charge in [0.1, 0.15) is 0 Å². The number of carbonyl (C=O) groups excluding carboxylic acids is 1. The van der Waals surface area contributed by atoms with E-state index in [1.807, 2.05) is 42.5 Å². The van der Waals surface area contributed by atoms with Crippen LogP contribution in [0.25, 0.3) is 12.2 Å². The Morgan fingerprint density at radius 2 is 1.18 bits per heavy atom. The van der Waals surface area contributed by atoms with Crippen molar-refractivity contribution in [3.63, 3.8) is 0 Å². The zero-order chi connectivity index (χ0) is 26.7. The average molecular weight is 509 g/mol. The van der Waals surface area contributed by atoms with Gasteiger partial charge in [-0.15, -0.1) is 0 Å². The molecule has 2 heteroatoms. The van der Waals surface area contributed by atoms with E-state index in [1.165, 1.54) is 68.9 Å². The molecule has 0 fully saturated rings. The summed E-state index contributed by atoms with van der Waals surface area (Å²) in [4.78, 5) is 12.2. The summed E-state index contributed by atoms with van der Waals surface area (Å²) >= 11 is 0. The molecule has 0 bridgehead atoms. The van der Waals surface area contributed by atoms with E-state index in [-0.39, 0.29) is 5.78 Å². The summed E-state index contributed by atoms with van der Waals surface area (Å²) < 4.78 is 5.81. The molecule has 2 nitrogen and oxygen atoms in total.